The van der Waals surface area contributed by atoms with Crippen molar-refractivity contribution in [3.63, 3.8) is 0 Å². The lowest BCUT2D eigenvalue weighted by Gasteiger charge is -2.13. The number of carbonyl (C=O) groups is 1. The highest BCUT2D eigenvalue weighted by Gasteiger charge is 2.16. The van der Waals surface area contributed by atoms with Gasteiger partial charge in [-0.15, -0.1) is 0 Å². The molecule has 0 fully saturated rings. The van der Waals surface area contributed by atoms with Gasteiger partial charge in [0.15, 0.2) is 11.5 Å². The molecule has 34 heavy (non-hydrogen) atoms. The van der Waals surface area contributed by atoms with E-state index in [0.29, 0.717) is 18.2 Å². The second-order valence-electron chi connectivity index (χ2n) is 7.85. The first-order chi connectivity index (χ1) is 16.4. The van der Waals surface area contributed by atoms with E-state index in [0.717, 1.165) is 21.3 Å². The number of fused-ring (bicyclic) bond motifs is 1. The Morgan fingerprint density at radius 3 is 2.56 bits per heavy atom. The van der Waals surface area contributed by atoms with E-state index in [1.165, 1.54) is 17.8 Å². The normalized spacial score (nSPS) is 10.9. The standard InChI is InChI=1S/C25H25N5O4/c1-4-34-20-8-6-5-7-18(20)13-26-21(31)15-30-24(32)19-14-27-22(17-11-9-16(2)10-12-17)28-23(19)29(3)25(30)33/h5-12,14H,4,13,15H2,1-3H3,(H,26,31). The smallest absolute Gasteiger partial charge is 0.332 e. The van der Waals surface area contributed by atoms with Gasteiger partial charge in [-0.25, -0.2) is 14.8 Å². The summed E-state index contributed by atoms with van der Waals surface area (Å²) in [6.07, 6.45) is 1.39. The second kappa shape index (κ2) is 9.70. The number of nitrogens with zero attached hydrogens (tertiary/aromatic N) is 4. The monoisotopic (exact) mass is 459 g/mol. The molecule has 9 nitrogen and oxygen atoms in total. The molecule has 0 aliphatic heterocycles. The van der Waals surface area contributed by atoms with Crippen LogP contribution in [0.5, 0.6) is 5.75 Å². The third kappa shape index (κ3) is 4.59. The molecule has 0 atom stereocenters. The van der Waals surface area contributed by atoms with Crippen molar-refractivity contribution >= 4 is 16.9 Å². The third-order valence-corrected chi connectivity index (χ3v) is 5.44. The van der Waals surface area contributed by atoms with Crippen LogP contribution >= 0.6 is 0 Å². The van der Waals surface area contributed by atoms with Gasteiger partial charge >= 0.3 is 5.69 Å². The first-order valence-corrected chi connectivity index (χ1v) is 10.9. The number of rotatable bonds is 7. The average Bonchev–Trinajstić information content (AvgIpc) is 2.85. The Bertz CT molecular complexity index is 1470. The molecule has 2 aromatic heterocycles. The molecule has 0 saturated carbocycles. The molecule has 4 aromatic rings. The predicted molar refractivity (Wildman–Crippen MR) is 129 cm³/mol. The average molecular weight is 460 g/mol. The lowest BCUT2D eigenvalue weighted by atomic mass is 10.1. The summed E-state index contributed by atoms with van der Waals surface area (Å²) >= 11 is 0. The Morgan fingerprint density at radius 1 is 1.09 bits per heavy atom. The fourth-order valence-electron chi connectivity index (χ4n) is 3.60. The third-order valence-electron chi connectivity index (χ3n) is 5.44. The first-order valence-electron chi connectivity index (χ1n) is 10.9. The number of amides is 1. The molecule has 0 radical (unpaired) electrons. The molecule has 1 N–H and O–H groups in total. The van der Waals surface area contributed by atoms with Gasteiger partial charge in [-0.05, 0) is 19.9 Å². The zero-order chi connectivity index (χ0) is 24.2. The summed E-state index contributed by atoms with van der Waals surface area (Å²) < 4.78 is 7.71. The number of aryl methyl sites for hydroxylation is 2. The zero-order valence-corrected chi connectivity index (χ0v) is 19.2. The van der Waals surface area contributed by atoms with Crippen LogP contribution in [0.4, 0.5) is 0 Å². The molecule has 1 amide bonds. The van der Waals surface area contributed by atoms with E-state index in [-0.39, 0.29) is 17.6 Å². The maximum Gasteiger partial charge on any atom is 0.332 e. The van der Waals surface area contributed by atoms with Crippen LogP contribution in [-0.4, -0.2) is 31.6 Å². The molecule has 174 valence electrons. The molecular formula is C25H25N5O4. The Labute approximate surface area is 195 Å². The number of ether oxygens (including phenoxy) is 1. The molecule has 0 saturated heterocycles. The Morgan fingerprint density at radius 2 is 1.82 bits per heavy atom. The minimum atomic E-state index is -0.629. The molecule has 0 bridgehead atoms. The van der Waals surface area contributed by atoms with Gasteiger partial charge in [0.1, 0.15) is 17.7 Å². The largest absolute Gasteiger partial charge is 0.494 e. The number of carbonyl (C=O) groups excluding carboxylic acids is 1. The maximum absolute atomic E-state index is 13.0. The summed E-state index contributed by atoms with van der Waals surface area (Å²) in [6.45, 7) is 4.15. The Kier molecular flexibility index (Phi) is 6.53. The van der Waals surface area contributed by atoms with Gasteiger partial charge in [-0.1, -0.05) is 48.0 Å². The van der Waals surface area contributed by atoms with Crippen molar-refractivity contribution in [3.8, 4) is 17.1 Å². The van der Waals surface area contributed by atoms with Crippen LogP contribution in [0.1, 0.15) is 18.1 Å². The number of aromatic nitrogens is 4. The summed E-state index contributed by atoms with van der Waals surface area (Å²) in [7, 11) is 1.52. The van der Waals surface area contributed by atoms with Crippen LogP contribution in [0.2, 0.25) is 0 Å². The van der Waals surface area contributed by atoms with E-state index in [9.17, 15) is 14.4 Å². The molecule has 2 heterocycles. The van der Waals surface area contributed by atoms with Crippen LogP contribution in [0.3, 0.4) is 0 Å². The number of benzene rings is 2. The summed E-state index contributed by atoms with van der Waals surface area (Å²) in [5, 5.41) is 2.90. The van der Waals surface area contributed by atoms with Crippen LogP contribution < -0.4 is 21.3 Å². The van der Waals surface area contributed by atoms with Crippen molar-refractivity contribution in [1.82, 2.24) is 24.4 Å². The predicted octanol–water partition coefficient (Wildman–Crippen LogP) is 2.18. The van der Waals surface area contributed by atoms with Crippen molar-refractivity contribution in [1.29, 1.82) is 0 Å². The van der Waals surface area contributed by atoms with E-state index in [4.69, 9.17) is 4.74 Å². The number of nitrogens with one attached hydrogen (secondary N) is 1. The SMILES string of the molecule is CCOc1ccccc1CNC(=O)Cn1c(=O)c2cnc(-c3ccc(C)cc3)nc2n(C)c1=O. The fourth-order valence-corrected chi connectivity index (χ4v) is 3.60. The molecule has 4 rings (SSSR count). The zero-order valence-electron chi connectivity index (χ0n) is 19.2. The van der Waals surface area contributed by atoms with E-state index < -0.39 is 23.7 Å². The van der Waals surface area contributed by atoms with Gasteiger partial charge < -0.3 is 10.1 Å². The highest BCUT2D eigenvalue weighted by molar-refractivity contribution is 5.78. The van der Waals surface area contributed by atoms with Gasteiger partial charge in [0.25, 0.3) is 5.56 Å². The molecule has 0 aliphatic rings. The topological polar surface area (TPSA) is 108 Å². The number of para-hydroxylation sites is 1. The quantitative estimate of drug-likeness (QED) is 0.454. The van der Waals surface area contributed by atoms with Crippen LogP contribution in [0.15, 0.2) is 64.3 Å². The molecule has 0 unspecified atom stereocenters. The summed E-state index contributed by atoms with van der Waals surface area (Å²) in [5.41, 5.74) is 1.64. The van der Waals surface area contributed by atoms with Crippen molar-refractivity contribution in [2.75, 3.05) is 6.61 Å². The summed E-state index contributed by atoms with van der Waals surface area (Å²) in [5.74, 6) is 0.609. The molecule has 0 spiro atoms. The minimum Gasteiger partial charge on any atom is -0.494 e. The fraction of sp³-hybridized carbons (Fsp3) is 0.240. The highest BCUT2D eigenvalue weighted by Crippen LogP contribution is 2.18. The summed E-state index contributed by atoms with van der Waals surface area (Å²) in [4.78, 5) is 47.3. The van der Waals surface area contributed by atoms with Crippen LogP contribution in [0.25, 0.3) is 22.4 Å². The second-order valence-corrected chi connectivity index (χ2v) is 7.85. The van der Waals surface area contributed by atoms with Gasteiger partial charge in [0.05, 0.1) is 6.61 Å². The van der Waals surface area contributed by atoms with E-state index in [1.807, 2.05) is 62.4 Å². The van der Waals surface area contributed by atoms with E-state index in [1.54, 1.807) is 0 Å². The van der Waals surface area contributed by atoms with Crippen LogP contribution in [0, 0.1) is 6.92 Å². The van der Waals surface area contributed by atoms with Gasteiger partial charge in [0, 0.05) is 30.9 Å². The molecule has 9 heteroatoms. The van der Waals surface area contributed by atoms with Gasteiger partial charge in [-0.3, -0.25) is 18.7 Å². The molecule has 2 aromatic carbocycles. The Hall–Kier alpha value is -4.27. The molecular weight excluding hydrogens is 434 g/mol. The minimum absolute atomic E-state index is 0.160. The van der Waals surface area contributed by atoms with Crippen LogP contribution in [-0.2, 0) is 24.9 Å². The maximum atomic E-state index is 13.0. The first kappa shape index (κ1) is 22.9. The van der Waals surface area contributed by atoms with Gasteiger partial charge in [0.2, 0.25) is 5.91 Å². The van der Waals surface area contributed by atoms with Crippen molar-refractivity contribution in [2.24, 2.45) is 7.05 Å². The van der Waals surface area contributed by atoms with Crippen molar-refractivity contribution in [3.05, 3.63) is 86.7 Å². The van der Waals surface area contributed by atoms with E-state index >= 15 is 0 Å². The highest BCUT2D eigenvalue weighted by atomic mass is 16.5. The number of hydrogen-bond acceptors (Lipinski definition) is 6. The number of hydrogen-bond donors (Lipinski definition) is 1. The lowest BCUT2D eigenvalue weighted by Crippen LogP contribution is -2.43. The lowest BCUT2D eigenvalue weighted by molar-refractivity contribution is -0.121. The Balaban J connectivity index is 1.60. The van der Waals surface area contributed by atoms with E-state index in [2.05, 4.69) is 15.3 Å². The molecule has 0 aliphatic carbocycles. The summed E-state index contributed by atoms with van der Waals surface area (Å²) in [6, 6.07) is 15.0. The van der Waals surface area contributed by atoms with Gasteiger partial charge in [-0.2, -0.15) is 0 Å². The van der Waals surface area contributed by atoms with Crippen molar-refractivity contribution < 1.29 is 9.53 Å². The van der Waals surface area contributed by atoms with Crippen molar-refractivity contribution in [2.45, 2.75) is 26.9 Å².